The highest BCUT2D eigenvalue weighted by molar-refractivity contribution is 7.88. The van der Waals surface area contributed by atoms with Gasteiger partial charge in [-0.2, -0.15) is 0 Å². The number of piperidine rings is 1. The van der Waals surface area contributed by atoms with Gasteiger partial charge in [0.2, 0.25) is 10.0 Å². The number of hydrogen-bond donors (Lipinski definition) is 0. The van der Waals surface area contributed by atoms with Gasteiger partial charge in [-0.15, -0.1) is 12.4 Å². The van der Waals surface area contributed by atoms with Crippen LogP contribution in [-0.2, 0) is 16.4 Å². The SMILES string of the molecule is CCN(CC1CCN(S(C)(=O)=O)CC1)[C@H](C)Cc1ccc(OC)cc1.Cl. The predicted molar refractivity (Wildman–Crippen MR) is 110 cm³/mol. The Morgan fingerprint density at radius 3 is 2.27 bits per heavy atom. The summed E-state index contributed by atoms with van der Waals surface area (Å²) in [6.45, 7) is 7.87. The Kier molecular flexibility index (Phi) is 9.38. The van der Waals surface area contributed by atoms with Crippen LogP contribution < -0.4 is 4.74 Å². The minimum atomic E-state index is -3.04. The smallest absolute Gasteiger partial charge is 0.211 e. The Hall–Kier alpha value is -0.820. The van der Waals surface area contributed by atoms with E-state index in [0.717, 1.165) is 38.1 Å². The summed E-state index contributed by atoms with van der Waals surface area (Å²) in [6.07, 6.45) is 4.24. The minimum Gasteiger partial charge on any atom is -0.497 e. The zero-order chi connectivity index (χ0) is 18.4. The highest BCUT2D eigenvalue weighted by Crippen LogP contribution is 2.22. The molecular formula is C19H33ClN2O3S. The summed E-state index contributed by atoms with van der Waals surface area (Å²) in [5.41, 5.74) is 1.32. The Morgan fingerprint density at radius 2 is 1.81 bits per heavy atom. The fourth-order valence-electron chi connectivity index (χ4n) is 3.61. The average Bonchev–Trinajstić information content (AvgIpc) is 2.60. The molecular weight excluding hydrogens is 372 g/mol. The van der Waals surface area contributed by atoms with E-state index in [1.807, 2.05) is 12.1 Å². The van der Waals surface area contributed by atoms with E-state index in [-0.39, 0.29) is 12.4 Å². The molecule has 26 heavy (non-hydrogen) atoms. The third-order valence-electron chi connectivity index (χ3n) is 5.25. The van der Waals surface area contributed by atoms with Crippen molar-refractivity contribution in [2.45, 2.75) is 39.2 Å². The molecule has 5 nitrogen and oxygen atoms in total. The minimum absolute atomic E-state index is 0. The molecule has 1 atom stereocenters. The van der Waals surface area contributed by atoms with E-state index in [4.69, 9.17) is 4.74 Å². The van der Waals surface area contributed by atoms with Crippen molar-refractivity contribution in [1.82, 2.24) is 9.21 Å². The average molecular weight is 405 g/mol. The normalized spacial score (nSPS) is 17.7. The van der Waals surface area contributed by atoms with Gasteiger partial charge in [-0.05, 0) is 56.3 Å². The molecule has 1 aromatic rings. The molecule has 1 fully saturated rings. The molecule has 0 bridgehead atoms. The van der Waals surface area contributed by atoms with E-state index in [1.165, 1.54) is 11.8 Å². The van der Waals surface area contributed by atoms with Crippen molar-refractivity contribution in [1.29, 1.82) is 0 Å². The predicted octanol–water partition coefficient (Wildman–Crippen LogP) is 3.04. The molecule has 1 aliphatic heterocycles. The molecule has 0 radical (unpaired) electrons. The van der Waals surface area contributed by atoms with Crippen molar-refractivity contribution in [3.05, 3.63) is 29.8 Å². The number of methoxy groups -OCH3 is 1. The van der Waals surface area contributed by atoms with Gasteiger partial charge >= 0.3 is 0 Å². The molecule has 1 saturated heterocycles. The van der Waals surface area contributed by atoms with Crippen LogP contribution in [0.5, 0.6) is 5.75 Å². The first-order valence-electron chi connectivity index (χ1n) is 9.15. The van der Waals surface area contributed by atoms with E-state index in [1.54, 1.807) is 11.4 Å². The number of hydrogen-bond acceptors (Lipinski definition) is 4. The molecule has 1 aromatic carbocycles. The maximum atomic E-state index is 11.6. The summed E-state index contributed by atoms with van der Waals surface area (Å²) in [4.78, 5) is 2.52. The molecule has 0 saturated carbocycles. The topological polar surface area (TPSA) is 49.9 Å². The number of sulfonamides is 1. The van der Waals surface area contributed by atoms with Crippen molar-refractivity contribution in [2.75, 3.05) is 39.5 Å². The molecule has 0 aliphatic carbocycles. The summed E-state index contributed by atoms with van der Waals surface area (Å²) >= 11 is 0. The van der Waals surface area contributed by atoms with Crippen molar-refractivity contribution in [2.24, 2.45) is 5.92 Å². The van der Waals surface area contributed by atoms with Crippen LogP contribution in [0.4, 0.5) is 0 Å². The lowest BCUT2D eigenvalue weighted by Gasteiger charge is -2.36. The third-order valence-corrected chi connectivity index (χ3v) is 6.56. The van der Waals surface area contributed by atoms with Gasteiger partial charge in [0.15, 0.2) is 0 Å². The fourth-order valence-corrected chi connectivity index (χ4v) is 4.48. The Balaban J connectivity index is 0.00000338. The molecule has 1 heterocycles. The van der Waals surface area contributed by atoms with Gasteiger partial charge in [-0.1, -0.05) is 19.1 Å². The first-order chi connectivity index (χ1) is 11.8. The number of benzene rings is 1. The first kappa shape index (κ1) is 23.2. The third kappa shape index (κ3) is 6.72. The highest BCUT2D eigenvalue weighted by Gasteiger charge is 2.26. The largest absolute Gasteiger partial charge is 0.497 e. The maximum absolute atomic E-state index is 11.6. The summed E-state index contributed by atoms with van der Waals surface area (Å²) < 4.78 is 30.1. The standard InChI is InChI=1S/C19H32N2O3S.ClH/c1-5-20(15-18-10-12-21(13-11-18)25(4,22)23)16(2)14-17-6-8-19(24-3)9-7-17;/h6-9,16,18H,5,10-15H2,1-4H3;1H/t16-;/m1./s1. The number of ether oxygens (including phenoxy) is 1. The van der Waals surface area contributed by atoms with Gasteiger partial charge in [0, 0.05) is 25.7 Å². The van der Waals surface area contributed by atoms with Crippen LogP contribution in [0.1, 0.15) is 32.3 Å². The molecule has 0 unspecified atom stereocenters. The Morgan fingerprint density at radius 1 is 1.23 bits per heavy atom. The number of rotatable bonds is 8. The van der Waals surface area contributed by atoms with E-state index in [0.29, 0.717) is 25.0 Å². The Labute approximate surface area is 165 Å². The Bertz CT molecular complexity index is 629. The van der Waals surface area contributed by atoms with Crippen molar-refractivity contribution in [3.63, 3.8) is 0 Å². The lowest BCUT2D eigenvalue weighted by molar-refractivity contribution is 0.152. The van der Waals surface area contributed by atoms with Crippen molar-refractivity contribution >= 4 is 22.4 Å². The zero-order valence-corrected chi connectivity index (χ0v) is 18.0. The van der Waals surface area contributed by atoms with Crippen LogP contribution in [0, 0.1) is 5.92 Å². The molecule has 2 rings (SSSR count). The summed E-state index contributed by atoms with van der Waals surface area (Å²) in [7, 11) is -1.35. The molecule has 0 N–H and O–H groups in total. The van der Waals surface area contributed by atoms with Gasteiger partial charge in [-0.25, -0.2) is 12.7 Å². The van der Waals surface area contributed by atoms with Crippen LogP contribution >= 0.6 is 12.4 Å². The van der Waals surface area contributed by atoms with E-state index in [2.05, 4.69) is 30.9 Å². The lowest BCUT2D eigenvalue weighted by atomic mass is 9.96. The number of halogens is 1. The monoisotopic (exact) mass is 404 g/mol. The van der Waals surface area contributed by atoms with Crippen LogP contribution in [0.3, 0.4) is 0 Å². The van der Waals surface area contributed by atoms with E-state index < -0.39 is 10.0 Å². The van der Waals surface area contributed by atoms with Crippen molar-refractivity contribution in [3.8, 4) is 5.75 Å². The number of likely N-dealkylation sites (N-methyl/N-ethyl adjacent to an activating group) is 1. The van der Waals surface area contributed by atoms with Gasteiger partial charge < -0.3 is 9.64 Å². The summed E-state index contributed by atoms with van der Waals surface area (Å²) in [5, 5.41) is 0. The second kappa shape index (κ2) is 10.5. The van der Waals surface area contributed by atoms with E-state index in [9.17, 15) is 8.42 Å². The molecule has 0 aromatic heterocycles. The molecule has 0 amide bonds. The van der Waals surface area contributed by atoms with Crippen LogP contribution in [0.2, 0.25) is 0 Å². The van der Waals surface area contributed by atoms with Crippen LogP contribution in [-0.4, -0.2) is 63.2 Å². The number of nitrogens with zero attached hydrogens (tertiary/aromatic N) is 2. The summed E-state index contributed by atoms with van der Waals surface area (Å²) in [5.74, 6) is 1.47. The van der Waals surface area contributed by atoms with Gasteiger partial charge in [-0.3, -0.25) is 0 Å². The van der Waals surface area contributed by atoms with Gasteiger partial charge in [0.05, 0.1) is 13.4 Å². The highest BCUT2D eigenvalue weighted by atomic mass is 35.5. The molecule has 150 valence electrons. The second-order valence-electron chi connectivity index (χ2n) is 7.09. The maximum Gasteiger partial charge on any atom is 0.211 e. The van der Waals surface area contributed by atoms with Crippen molar-refractivity contribution < 1.29 is 13.2 Å². The van der Waals surface area contributed by atoms with Gasteiger partial charge in [0.1, 0.15) is 5.75 Å². The molecule has 1 aliphatic rings. The first-order valence-corrected chi connectivity index (χ1v) is 11.0. The van der Waals surface area contributed by atoms with Gasteiger partial charge in [0.25, 0.3) is 0 Å². The van der Waals surface area contributed by atoms with E-state index >= 15 is 0 Å². The fraction of sp³-hybridized carbons (Fsp3) is 0.684. The molecule has 7 heteroatoms. The van der Waals surface area contributed by atoms with Crippen LogP contribution in [0.15, 0.2) is 24.3 Å². The second-order valence-corrected chi connectivity index (χ2v) is 9.08. The van der Waals surface area contributed by atoms with Crippen LogP contribution in [0.25, 0.3) is 0 Å². The molecule has 0 spiro atoms. The quantitative estimate of drug-likeness (QED) is 0.668. The zero-order valence-electron chi connectivity index (χ0n) is 16.3. The summed E-state index contributed by atoms with van der Waals surface area (Å²) in [6, 6.07) is 8.76. The lowest BCUT2D eigenvalue weighted by Crippen LogP contribution is -2.43.